The van der Waals surface area contributed by atoms with Crippen LogP contribution in [0.15, 0.2) is 17.0 Å². The van der Waals surface area contributed by atoms with Crippen LogP contribution in [0, 0.1) is 35.8 Å². The van der Waals surface area contributed by atoms with E-state index in [0.29, 0.717) is 17.5 Å². The monoisotopic (exact) mass is 296 g/mol. The molecule has 0 atom stereocenters. The van der Waals surface area contributed by atoms with Gasteiger partial charge in [-0.25, -0.2) is 13.1 Å². The summed E-state index contributed by atoms with van der Waals surface area (Å²) in [4.78, 5) is 10.2. The topological polar surface area (TPSA) is 89.3 Å². The standard InChI is InChI=1S/C13H16N2O4S/c1-4-5-6-7-14-20(18,19)13-9-12(15(16)17)8-10(2)11(13)3/h8-9,14H,6-7H2,1-3H3. The van der Waals surface area contributed by atoms with Gasteiger partial charge in [-0.15, -0.1) is 11.8 Å². The lowest BCUT2D eigenvalue weighted by molar-refractivity contribution is -0.385. The fourth-order valence-corrected chi connectivity index (χ4v) is 3.01. The van der Waals surface area contributed by atoms with Gasteiger partial charge in [-0.2, -0.15) is 0 Å². The third kappa shape index (κ3) is 3.79. The zero-order valence-corrected chi connectivity index (χ0v) is 12.4. The number of benzene rings is 1. The predicted octanol–water partition coefficient (Wildman–Crippen LogP) is 1.90. The van der Waals surface area contributed by atoms with Crippen LogP contribution in [-0.2, 0) is 10.0 Å². The first-order valence-corrected chi connectivity index (χ1v) is 7.43. The third-order valence-corrected chi connectivity index (χ3v) is 4.41. The van der Waals surface area contributed by atoms with Gasteiger partial charge in [0.05, 0.1) is 9.82 Å². The van der Waals surface area contributed by atoms with Crippen LogP contribution >= 0.6 is 0 Å². The van der Waals surface area contributed by atoms with Crippen molar-refractivity contribution in [3.8, 4) is 11.8 Å². The van der Waals surface area contributed by atoms with Crippen molar-refractivity contribution in [1.29, 1.82) is 0 Å². The molecule has 0 amide bonds. The Kier molecular flexibility index (Phi) is 5.25. The van der Waals surface area contributed by atoms with Crippen molar-refractivity contribution < 1.29 is 13.3 Å². The Balaban J connectivity index is 3.16. The molecule has 1 aromatic rings. The average Bonchev–Trinajstić information content (AvgIpc) is 2.37. The molecule has 0 fully saturated rings. The summed E-state index contributed by atoms with van der Waals surface area (Å²) in [6.45, 7) is 5.11. The van der Waals surface area contributed by atoms with Crippen molar-refractivity contribution in [2.24, 2.45) is 0 Å². The van der Waals surface area contributed by atoms with Gasteiger partial charge < -0.3 is 0 Å². The predicted molar refractivity (Wildman–Crippen MR) is 75.8 cm³/mol. The number of aryl methyl sites for hydroxylation is 1. The highest BCUT2D eigenvalue weighted by Crippen LogP contribution is 2.25. The van der Waals surface area contributed by atoms with Gasteiger partial charge in [0, 0.05) is 25.1 Å². The van der Waals surface area contributed by atoms with E-state index in [1.807, 2.05) is 0 Å². The van der Waals surface area contributed by atoms with Crippen molar-refractivity contribution >= 4 is 15.7 Å². The first kappa shape index (κ1) is 16.1. The summed E-state index contributed by atoms with van der Waals surface area (Å²) >= 11 is 0. The van der Waals surface area contributed by atoms with Crippen LogP contribution in [0.25, 0.3) is 0 Å². The maximum Gasteiger partial charge on any atom is 0.271 e. The second-order valence-corrected chi connectivity index (χ2v) is 5.95. The molecule has 7 heteroatoms. The van der Waals surface area contributed by atoms with Crippen molar-refractivity contribution in [3.63, 3.8) is 0 Å². The van der Waals surface area contributed by atoms with E-state index >= 15 is 0 Å². The summed E-state index contributed by atoms with van der Waals surface area (Å²) < 4.78 is 26.7. The molecule has 1 N–H and O–H groups in total. The summed E-state index contributed by atoms with van der Waals surface area (Å²) in [5, 5.41) is 10.8. The highest BCUT2D eigenvalue weighted by molar-refractivity contribution is 7.89. The molecule has 0 saturated heterocycles. The SMILES string of the molecule is CC#CCCNS(=O)(=O)c1cc([N+](=O)[O-])cc(C)c1C. The second kappa shape index (κ2) is 6.50. The van der Waals surface area contributed by atoms with Crippen molar-refractivity contribution in [2.75, 3.05) is 6.54 Å². The highest BCUT2D eigenvalue weighted by Gasteiger charge is 2.21. The molecule has 6 nitrogen and oxygen atoms in total. The summed E-state index contributed by atoms with van der Waals surface area (Å²) in [5.74, 6) is 5.41. The molecule has 0 saturated carbocycles. The van der Waals surface area contributed by atoms with Crippen molar-refractivity contribution in [1.82, 2.24) is 4.72 Å². The second-order valence-electron chi connectivity index (χ2n) is 4.22. The lowest BCUT2D eigenvalue weighted by atomic mass is 10.1. The third-order valence-electron chi connectivity index (χ3n) is 2.82. The van der Waals surface area contributed by atoms with Gasteiger partial charge in [0.25, 0.3) is 5.69 Å². The molecular formula is C13H16N2O4S. The van der Waals surface area contributed by atoms with E-state index in [9.17, 15) is 18.5 Å². The number of nitrogens with zero attached hydrogens (tertiary/aromatic N) is 1. The van der Waals surface area contributed by atoms with Crippen LogP contribution in [0.2, 0.25) is 0 Å². The molecule has 0 radical (unpaired) electrons. The van der Waals surface area contributed by atoms with Crippen LogP contribution in [0.5, 0.6) is 0 Å². The van der Waals surface area contributed by atoms with Crippen LogP contribution in [0.3, 0.4) is 0 Å². The lowest BCUT2D eigenvalue weighted by Crippen LogP contribution is -2.25. The van der Waals surface area contributed by atoms with Gasteiger partial charge in [0.2, 0.25) is 10.0 Å². The average molecular weight is 296 g/mol. The molecule has 1 aromatic carbocycles. The molecule has 108 valence electrons. The Labute approximate surface area is 118 Å². The Morgan fingerprint density at radius 3 is 2.55 bits per heavy atom. The Bertz CT molecular complexity index is 684. The van der Waals surface area contributed by atoms with Gasteiger partial charge in [0.15, 0.2) is 0 Å². The van der Waals surface area contributed by atoms with Gasteiger partial charge in [-0.3, -0.25) is 10.1 Å². The minimum Gasteiger partial charge on any atom is -0.258 e. The number of nitro groups is 1. The smallest absolute Gasteiger partial charge is 0.258 e. The first-order valence-electron chi connectivity index (χ1n) is 5.94. The molecule has 0 spiro atoms. The number of nitrogens with one attached hydrogen (secondary N) is 1. The number of hydrogen-bond donors (Lipinski definition) is 1. The van der Waals surface area contributed by atoms with E-state index in [0.717, 1.165) is 6.07 Å². The van der Waals surface area contributed by atoms with E-state index in [2.05, 4.69) is 16.6 Å². The summed E-state index contributed by atoms with van der Waals surface area (Å²) in [5.41, 5.74) is 0.833. The Morgan fingerprint density at radius 1 is 1.35 bits per heavy atom. The van der Waals surface area contributed by atoms with E-state index < -0.39 is 14.9 Å². The minimum atomic E-state index is -3.77. The van der Waals surface area contributed by atoms with Gasteiger partial charge in [-0.1, -0.05) is 0 Å². The zero-order valence-electron chi connectivity index (χ0n) is 11.6. The van der Waals surface area contributed by atoms with Gasteiger partial charge in [-0.05, 0) is 31.9 Å². The van der Waals surface area contributed by atoms with Crippen LogP contribution in [-0.4, -0.2) is 19.9 Å². The number of non-ortho nitro benzene ring substituents is 1. The largest absolute Gasteiger partial charge is 0.271 e. The number of rotatable bonds is 5. The van der Waals surface area contributed by atoms with Crippen molar-refractivity contribution in [2.45, 2.75) is 32.1 Å². The first-order chi connectivity index (χ1) is 9.29. The quantitative estimate of drug-likeness (QED) is 0.389. The Hall–Kier alpha value is -1.91. The van der Waals surface area contributed by atoms with E-state index in [-0.39, 0.29) is 17.1 Å². The van der Waals surface area contributed by atoms with Gasteiger partial charge >= 0.3 is 0 Å². The lowest BCUT2D eigenvalue weighted by Gasteiger charge is -2.10. The highest BCUT2D eigenvalue weighted by atomic mass is 32.2. The maximum absolute atomic E-state index is 12.2. The molecule has 20 heavy (non-hydrogen) atoms. The van der Waals surface area contributed by atoms with Gasteiger partial charge in [0.1, 0.15) is 0 Å². The Morgan fingerprint density at radius 2 is 2.00 bits per heavy atom. The summed E-state index contributed by atoms with van der Waals surface area (Å²) in [7, 11) is -3.77. The molecule has 0 unspecified atom stereocenters. The molecule has 1 rings (SSSR count). The van der Waals surface area contributed by atoms with Crippen molar-refractivity contribution in [3.05, 3.63) is 33.4 Å². The molecule has 0 aromatic heterocycles. The molecule has 0 aliphatic rings. The van der Waals surface area contributed by atoms with E-state index in [1.54, 1.807) is 20.8 Å². The summed E-state index contributed by atoms with van der Waals surface area (Å²) in [6, 6.07) is 2.44. The zero-order chi connectivity index (χ0) is 15.3. The molecular weight excluding hydrogens is 280 g/mol. The minimum absolute atomic E-state index is 0.0614. The van der Waals surface area contributed by atoms with Crippen LogP contribution in [0.4, 0.5) is 5.69 Å². The fourth-order valence-electron chi connectivity index (χ4n) is 1.64. The van der Waals surface area contributed by atoms with E-state index in [1.165, 1.54) is 6.07 Å². The number of sulfonamides is 1. The normalized spacial score (nSPS) is 10.8. The van der Waals surface area contributed by atoms with Crippen LogP contribution in [0.1, 0.15) is 24.5 Å². The number of nitro benzene ring substituents is 1. The van der Waals surface area contributed by atoms with Crippen LogP contribution < -0.4 is 4.72 Å². The number of hydrogen-bond acceptors (Lipinski definition) is 4. The molecule has 0 aliphatic carbocycles. The maximum atomic E-state index is 12.2. The molecule has 0 heterocycles. The molecule has 0 bridgehead atoms. The molecule has 0 aliphatic heterocycles. The summed E-state index contributed by atoms with van der Waals surface area (Å²) in [6.07, 6.45) is 0.392. The van der Waals surface area contributed by atoms with E-state index in [4.69, 9.17) is 0 Å². The fraction of sp³-hybridized carbons (Fsp3) is 0.385.